The molecule has 0 saturated heterocycles. The summed E-state index contributed by atoms with van der Waals surface area (Å²) in [5.41, 5.74) is 1.93. The fourth-order valence-corrected chi connectivity index (χ4v) is 9.37. The van der Waals surface area contributed by atoms with Crippen molar-refractivity contribution < 1.29 is 33.5 Å². The Bertz CT molecular complexity index is 2420. The Morgan fingerprint density at radius 3 is 0.875 bits per heavy atom. The Hall–Kier alpha value is -3.26. The average Bonchev–Trinajstić information content (AvgIpc) is 0.842. The van der Waals surface area contributed by atoms with E-state index in [1.165, 1.54) is 83.5 Å². The lowest BCUT2D eigenvalue weighted by Crippen LogP contribution is -2.37. The second-order valence-corrected chi connectivity index (χ2v) is 45.6. The lowest BCUT2D eigenvalue weighted by Gasteiger charge is -2.39. The van der Waals surface area contributed by atoms with Crippen LogP contribution < -0.4 is 0 Å². The van der Waals surface area contributed by atoms with Crippen molar-refractivity contribution in [2.24, 2.45) is 75.8 Å². The first-order chi connectivity index (χ1) is 45.8. The van der Waals surface area contributed by atoms with Gasteiger partial charge in [0.2, 0.25) is 5.91 Å². The fourth-order valence-electron chi connectivity index (χ4n) is 9.37. The summed E-state index contributed by atoms with van der Waals surface area (Å²) in [5.74, 6) is 14.5. The molecule has 0 aromatic heterocycles. The Balaban J connectivity index is -0.000000212. The molecule has 0 rings (SSSR count). The number of carbonyl (C=O) groups excluding carboxylic acids is 6. The summed E-state index contributed by atoms with van der Waals surface area (Å²) in [6.45, 7) is 92.4. The van der Waals surface area contributed by atoms with Gasteiger partial charge in [-0.15, -0.1) is 11.8 Å². The number of nitrogens with zero attached hydrogens (tertiary/aromatic N) is 1. The predicted molar refractivity (Wildman–Crippen MR) is 461 cm³/mol. The van der Waals surface area contributed by atoms with Crippen LogP contribution in [0.2, 0.25) is 0 Å². The molecule has 0 bridgehead atoms. The standard InChI is InChI=1S/C18H36O.C15H31NO.C14H28O.C14H24O.C13H24.C12H24O2.C10H20O/c1-16(2,3)15(19)13-11-9-10-12-14-18(7,8)17(4,5)6;1-14(2,3)11-9-8-10-12-16(7)13(17)15(4,5)6;2*1-13(2,3)11-9-7-8-10-12(15)14(4,5)6;1-12(2,3)10-8-7-9-11-13(4,5)6;1-10(2)14-11(13)8-6-7-9-12(3,4)5;1-9(2,3)7-8(11)10(4,5)6/h9-14H2,1-8H3;8-12H2,1-7H3;7-11H2,1-6H3;7-8,10H2,1-6H3;7-8,10H2,1-6H3;10H,6-9H2,1-5H3;7H2,1-6H3. The van der Waals surface area contributed by atoms with Crippen molar-refractivity contribution in [3.63, 3.8) is 0 Å². The third-order valence-corrected chi connectivity index (χ3v) is 17.5. The molecule has 0 atom stereocenters. The molecule has 0 heterocycles. The first-order valence-electron chi connectivity index (χ1n) is 41.4. The predicted octanol–water partition coefficient (Wildman–Crippen LogP) is 29.4. The van der Waals surface area contributed by atoms with Gasteiger partial charge in [0.15, 0.2) is 0 Å². The topological polar surface area (TPSA) is 115 Å². The molecule has 0 aliphatic carbocycles. The van der Waals surface area contributed by atoms with Crippen molar-refractivity contribution in [3.05, 3.63) is 0 Å². The summed E-state index contributed by atoms with van der Waals surface area (Å²) in [6.07, 6.45) is 27.6. The molecule has 0 aromatic carbocycles. The van der Waals surface area contributed by atoms with E-state index in [9.17, 15) is 28.8 Å². The summed E-state index contributed by atoms with van der Waals surface area (Å²) in [4.78, 5) is 71.4. The van der Waals surface area contributed by atoms with Crippen molar-refractivity contribution in [3.8, 4) is 23.7 Å². The third kappa shape index (κ3) is 87.6. The number of hydrogen-bond donors (Lipinski definition) is 0. The second kappa shape index (κ2) is 52.0. The van der Waals surface area contributed by atoms with Gasteiger partial charge in [-0.25, -0.2) is 0 Å². The van der Waals surface area contributed by atoms with Crippen LogP contribution in [0, 0.1) is 99.5 Å². The van der Waals surface area contributed by atoms with E-state index >= 15 is 0 Å². The van der Waals surface area contributed by atoms with Crippen LogP contribution in [0.15, 0.2) is 0 Å². The molecule has 1 amide bonds. The minimum atomic E-state index is -0.250. The van der Waals surface area contributed by atoms with Crippen molar-refractivity contribution >= 4 is 35.0 Å². The Morgan fingerprint density at radius 2 is 0.587 bits per heavy atom. The maximum Gasteiger partial charge on any atom is 0.306 e. The number of Topliss-reactive ketones (excluding diaryl/α,β-unsaturated/α-hetero) is 4. The van der Waals surface area contributed by atoms with Gasteiger partial charge < -0.3 is 9.64 Å². The molecule has 0 radical (unpaired) electrons. The van der Waals surface area contributed by atoms with Crippen molar-refractivity contribution in [1.29, 1.82) is 0 Å². The molecule has 0 saturated carbocycles. The van der Waals surface area contributed by atoms with E-state index in [2.05, 4.69) is 204 Å². The van der Waals surface area contributed by atoms with Gasteiger partial charge in [-0.05, 0) is 164 Å². The molecular weight excluding hydrogens is 1280 g/mol. The minimum Gasteiger partial charge on any atom is -0.463 e. The lowest BCUT2D eigenvalue weighted by molar-refractivity contribution is -0.147. The summed E-state index contributed by atoms with van der Waals surface area (Å²) in [5, 5.41) is 0. The molecule has 0 aliphatic rings. The molecule has 8 heteroatoms. The van der Waals surface area contributed by atoms with E-state index in [1.807, 2.05) is 130 Å². The maximum atomic E-state index is 11.9. The van der Waals surface area contributed by atoms with Gasteiger partial charge in [-0.1, -0.05) is 306 Å². The van der Waals surface area contributed by atoms with Gasteiger partial charge in [-0.3, -0.25) is 28.8 Å². The third-order valence-electron chi connectivity index (χ3n) is 17.5. The smallest absolute Gasteiger partial charge is 0.306 e. The monoisotopic (exact) mass is 1470 g/mol. The maximum absolute atomic E-state index is 11.9. The van der Waals surface area contributed by atoms with Crippen molar-refractivity contribution in [1.82, 2.24) is 4.90 Å². The van der Waals surface area contributed by atoms with Crippen LogP contribution in [-0.4, -0.2) is 59.6 Å². The lowest BCUT2D eigenvalue weighted by atomic mass is 9.67. The number of ether oxygens (including phenoxy) is 1. The van der Waals surface area contributed by atoms with Crippen LogP contribution in [0.1, 0.15) is 465 Å². The Labute approximate surface area is 653 Å². The molecule has 8 nitrogen and oxygen atoms in total. The van der Waals surface area contributed by atoms with Crippen molar-refractivity contribution in [2.75, 3.05) is 13.6 Å². The quantitative estimate of drug-likeness (QED) is 0.0435. The first kappa shape index (κ1) is 114. The van der Waals surface area contributed by atoms with Crippen LogP contribution in [0.3, 0.4) is 0 Å². The largest absolute Gasteiger partial charge is 0.463 e. The normalized spacial score (nSPS) is 12.7. The Morgan fingerprint density at radius 1 is 0.308 bits per heavy atom. The number of carbonyl (C=O) groups is 6. The Kier molecular flexibility index (Phi) is 57.0. The molecule has 0 aromatic rings. The van der Waals surface area contributed by atoms with E-state index < -0.39 is 0 Å². The average molecular weight is 1470 g/mol. The molecule has 0 spiro atoms. The van der Waals surface area contributed by atoms with Crippen LogP contribution in [0.5, 0.6) is 0 Å². The first-order valence-corrected chi connectivity index (χ1v) is 41.4. The SMILES string of the molecule is CC(C)(C)C#CCCCC(=O)C(C)(C)C.CC(C)(C)C#CCCCC(C)(C)C.CC(C)(C)C(=O)CCCCCCC(C)(C)C(C)(C)C.CC(C)(C)CC(=O)C(C)(C)C.CC(C)(C)CCCCCC(=O)C(C)(C)C.CC(C)OC(=O)CCCCC(C)(C)C.CN(CCCCCC(C)(C)C)C(=O)C(C)(C)C. The number of rotatable bonds is 28. The highest BCUT2D eigenvalue weighted by Gasteiger charge is 2.32. The van der Waals surface area contributed by atoms with Crippen LogP contribution in [0.4, 0.5) is 0 Å². The summed E-state index contributed by atoms with van der Waals surface area (Å²) in [7, 11) is 1.91. The molecule has 0 unspecified atom stereocenters. The highest BCUT2D eigenvalue weighted by Crippen LogP contribution is 2.42. The van der Waals surface area contributed by atoms with Crippen LogP contribution >= 0.6 is 0 Å². The van der Waals surface area contributed by atoms with E-state index in [4.69, 9.17) is 4.74 Å². The summed E-state index contributed by atoms with van der Waals surface area (Å²) >= 11 is 0. The number of ketones is 4. The molecule has 0 N–H and O–H groups in total. The van der Waals surface area contributed by atoms with Crippen LogP contribution in [0.25, 0.3) is 0 Å². The molecular formula is C96H187NO7. The highest BCUT2D eigenvalue weighted by molar-refractivity contribution is 5.85. The second-order valence-electron chi connectivity index (χ2n) is 45.6. The molecule has 0 fully saturated rings. The van der Waals surface area contributed by atoms with Gasteiger partial charge in [0.1, 0.15) is 23.1 Å². The van der Waals surface area contributed by atoms with Crippen molar-refractivity contribution in [2.45, 2.75) is 471 Å². The van der Waals surface area contributed by atoms with Gasteiger partial charge >= 0.3 is 5.97 Å². The zero-order chi connectivity index (χ0) is 84.2. The van der Waals surface area contributed by atoms with Gasteiger partial charge in [0.05, 0.1) is 6.10 Å². The van der Waals surface area contributed by atoms with Gasteiger partial charge in [0, 0.05) is 96.4 Å². The number of amides is 1. The van der Waals surface area contributed by atoms with Gasteiger partial charge in [-0.2, -0.15) is 0 Å². The molecule has 0 aliphatic heterocycles. The number of hydrogen-bond acceptors (Lipinski definition) is 7. The van der Waals surface area contributed by atoms with E-state index in [1.54, 1.807) is 0 Å². The van der Waals surface area contributed by atoms with E-state index in [0.29, 0.717) is 74.9 Å². The summed E-state index contributed by atoms with van der Waals surface area (Å²) < 4.78 is 5.04. The van der Waals surface area contributed by atoms with Crippen LogP contribution in [-0.2, 0) is 33.5 Å². The minimum absolute atomic E-state index is 0.0186. The summed E-state index contributed by atoms with van der Waals surface area (Å²) in [6, 6.07) is 0. The van der Waals surface area contributed by atoms with Gasteiger partial charge in [0.25, 0.3) is 0 Å². The zero-order valence-electron chi connectivity index (χ0n) is 79.0. The molecule has 618 valence electrons. The fraction of sp³-hybridized carbons (Fsp3) is 0.896. The zero-order valence-corrected chi connectivity index (χ0v) is 79.0. The van der Waals surface area contributed by atoms with E-state index in [0.717, 1.165) is 70.8 Å². The number of esters is 1. The molecule has 104 heavy (non-hydrogen) atoms. The number of unbranched alkanes of at least 4 members (excludes halogenated alkanes) is 10. The van der Waals surface area contributed by atoms with E-state index in [-0.39, 0.29) is 61.3 Å². The highest BCUT2D eigenvalue weighted by atomic mass is 16.5.